The van der Waals surface area contributed by atoms with Crippen LogP contribution in [0.2, 0.25) is 0 Å². The van der Waals surface area contributed by atoms with Crippen LogP contribution in [0.1, 0.15) is 15.9 Å². The van der Waals surface area contributed by atoms with Crippen molar-refractivity contribution >= 4 is 18.1 Å². The van der Waals surface area contributed by atoms with Crippen molar-refractivity contribution < 1.29 is 9.21 Å². The Hall–Kier alpha value is -2.77. The lowest BCUT2D eigenvalue weighted by molar-refractivity contribution is 0.0963. The second-order valence-corrected chi connectivity index (χ2v) is 6.32. The van der Waals surface area contributed by atoms with Crippen LogP contribution in [0.3, 0.4) is 0 Å². The molecule has 3 rings (SSSR count). The zero-order valence-corrected chi connectivity index (χ0v) is 15.5. The van der Waals surface area contributed by atoms with Crippen molar-refractivity contribution in [2.45, 2.75) is 13.2 Å². The van der Waals surface area contributed by atoms with E-state index in [0.29, 0.717) is 29.5 Å². The first kappa shape index (κ1) is 18.0. The number of hydrogen-bond acceptors (Lipinski definition) is 5. The van der Waals surface area contributed by atoms with E-state index in [4.69, 9.17) is 16.6 Å². The molecule has 0 radical (unpaired) electrons. The Morgan fingerprint density at radius 1 is 1.19 bits per heavy atom. The maximum absolute atomic E-state index is 11.6. The van der Waals surface area contributed by atoms with Gasteiger partial charge in [-0.2, -0.15) is 0 Å². The van der Waals surface area contributed by atoms with Gasteiger partial charge in [0, 0.05) is 24.7 Å². The highest BCUT2D eigenvalue weighted by molar-refractivity contribution is 7.71. The molecule has 3 aromatic rings. The fraction of sp³-hybridized carbons (Fsp3) is 0.211. The quantitative estimate of drug-likeness (QED) is 0.676. The number of nitrogens with zero attached hydrogens (tertiary/aromatic N) is 3. The zero-order valence-electron chi connectivity index (χ0n) is 14.7. The van der Waals surface area contributed by atoms with Gasteiger partial charge in [0.2, 0.25) is 5.89 Å². The summed E-state index contributed by atoms with van der Waals surface area (Å²) in [5.41, 5.74) is 2.63. The van der Waals surface area contributed by atoms with E-state index >= 15 is 0 Å². The van der Waals surface area contributed by atoms with Gasteiger partial charge in [-0.3, -0.25) is 9.69 Å². The molecule has 26 heavy (non-hydrogen) atoms. The fourth-order valence-electron chi connectivity index (χ4n) is 2.59. The summed E-state index contributed by atoms with van der Waals surface area (Å²) < 4.78 is 7.27. The predicted molar refractivity (Wildman–Crippen MR) is 102 cm³/mol. The molecule has 0 aliphatic carbocycles. The monoisotopic (exact) mass is 368 g/mol. The molecular formula is C19H20N4O2S. The lowest BCUT2D eigenvalue weighted by Crippen LogP contribution is -2.22. The second-order valence-electron chi connectivity index (χ2n) is 5.97. The van der Waals surface area contributed by atoms with E-state index in [2.05, 4.69) is 15.3 Å². The fourth-order valence-corrected chi connectivity index (χ4v) is 2.77. The lowest BCUT2D eigenvalue weighted by atomic mass is 10.1. The number of amides is 1. The molecule has 0 fully saturated rings. The van der Waals surface area contributed by atoms with Gasteiger partial charge in [-0.15, -0.1) is 5.10 Å². The summed E-state index contributed by atoms with van der Waals surface area (Å²) in [6.07, 6.45) is 0. The van der Waals surface area contributed by atoms with Crippen LogP contribution in [0.15, 0.2) is 59.0 Å². The second kappa shape index (κ2) is 8.07. The summed E-state index contributed by atoms with van der Waals surface area (Å²) in [7, 11) is 3.60. The van der Waals surface area contributed by atoms with Crippen LogP contribution >= 0.6 is 12.2 Å². The zero-order chi connectivity index (χ0) is 18.5. The van der Waals surface area contributed by atoms with Crippen LogP contribution in [0, 0.1) is 4.84 Å². The molecule has 6 nitrogen and oxygen atoms in total. The topological polar surface area (TPSA) is 63.3 Å². The number of benzene rings is 2. The molecule has 0 aliphatic heterocycles. The average molecular weight is 368 g/mol. The normalized spacial score (nSPS) is 10.9. The molecular weight excluding hydrogens is 348 g/mol. The standard InChI is InChI=1S/C19H20N4O2S/c1-20-17(24)15-10-8-14(9-11-15)12-22(2)13-23-19(26)25-18(21-23)16-6-4-3-5-7-16/h3-11H,12-13H2,1-2H3,(H,20,24). The van der Waals surface area contributed by atoms with Crippen LogP contribution in [-0.4, -0.2) is 34.7 Å². The summed E-state index contributed by atoms with van der Waals surface area (Å²) in [5, 5.41) is 7.07. The first-order valence-corrected chi connectivity index (χ1v) is 8.60. The van der Waals surface area contributed by atoms with Gasteiger partial charge < -0.3 is 9.73 Å². The third-order valence-electron chi connectivity index (χ3n) is 3.90. The van der Waals surface area contributed by atoms with Gasteiger partial charge in [0.1, 0.15) is 0 Å². The lowest BCUT2D eigenvalue weighted by Gasteiger charge is -2.16. The molecule has 1 N–H and O–H groups in total. The van der Waals surface area contributed by atoms with E-state index < -0.39 is 0 Å². The Kier molecular flexibility index (Phi) is 5.60. The Morgan fingerprint density at radius 2 is 1.88 bits per heavy atom. The summed E-state index contributed by atoms with van der Waals surface area (Å²) >= 11 is 5.28. The number of rotatable bonds is 6. The minimum atomic E-state index is -0.0905. The third-order valence-corrected chi connectivity index (χ3v) is 4.19. The molecule has 1 aromatic heterocycles. The molecule has 1 heterocycles. The van der Waals surface area contributed by atoms with Gasteiger partial charge >= 0.3 is 0 Å². The van der Waals surface area contributed by atoms with Gasteiger partial charge in [-0.25, -0.2) is 4.68 Å². The van der Waals surface area contributed by atoms with Crippen molar-refractivity contribution in [1.29, 1.82) is 0 Å². The van der Waals surface area contributed by atoms with Gasteiger partial charge in [0.05, 0.1) is 6.67 Å². The van der Waals surface area contributed by atoms with E-state index in [1.807, 2.05) is 61.6 Å². The van der Waals surface area contributed by atoms with Crippen molar-refractivity contribution in [3.8, 4) is 11.5 Å². The van der Waals surface area contributed by atoms with Crippen LogP contribution in [-0.2, 0) is 13.2 Å². The smallest absolute Gasteiger partial charge is 0.288 e. The van der Waals surface area contributed by atoms with E-state index in [-0.39, 0.29) is 5.91 Å². The number of nitrogens with one attached hydrogen (secondary N) is 1. The highest BCUT2D eigenvalue weighted by atomic mass is 32.1. The van der Waals surface area contributed by atoms with Crippen molar-refractivity contribution in [1.82, 2.24) is 20.0 Å². The van der Waals surface area contributed by atoms with E-state index in [9.17, 15) is 4.79 Å². The number of carbonyl (C=O) groups excluding carboxylic acids is 1. The largest absolute Gasteiger partial charge is 0.409 e. The molecule has 0 unspecified atom stereocenters. The van der Waals surface area contributed by atoms with Gasteiger partial charge in [0.25, 0.3) is 10.7 Å². The molecule has 0 saturated heterocycles. The number of carbonyl (C=O) groups is 1. The highest BCUT2D eigenvalue weighted by Crippen LogP contribution is 2.17. The van der Waals surface area contributed by atoms with Crippen LogP contribution in [0.5, 0.6) is 0 Å². The summed E-state index contributed by atoms with van der Waals surface area (Å²) in [6.45, 7) is 1.20. The Morgan fingerprint density at radius 3 is 2.54 bits per heavy atom. The highest BCUT2D eigenvalue weighted by Gasteiger charge is 2.10. The molecule has 0 atom stereocenters. The van der Waals surface area contributed by atoms with Crippen molar-refractivity contribution in [2.75, 3.05) is 14.1 Å². The maximum atomic E-state index is 11.6. The predicted octanol–water partition coefficient (Wildman–Crippen LogP) is 3.32. The minimum Gasteiger partial charge on any atom is -0.409 e. The van der Waals surface area contributed by atoms with Crippen LogP contribution in [0.4, 0.5) is 0 Å². The Labute approximate surface area is 157 Å². The minimum absolute atomic E-state index is 0.0905. The Bertz CT molecular complexity index is 932. The average Bonchev–Trinajstić information content (AvgIpc) is 3.03. The third kappa shape index (κ3) is 4.25. The first-order valence-electron chi connectivity index (χ1n) is 8.20. The molecule has 7 heteroatoms. The molecule has 134 valence electrons. The van der Waals surface area contributed by atoms with Crippen LogP contribution in [0.25, 0.3) is 11.5 Å². The maximum Gasteiger partial charge on any atom is 0.288 e. The first-order chi connectivity index (χ1) is 12.6. The van der Waals surface area contributed by atoms with Crippen molar-refractivity contribution in [3.05, 3.63) is 70.6 Å². The molecule has 0 aliphatic rings. The molecule has 1 amide bonds. The molecule has 0 saturated carbocycles. The van der Waals surface area contributed by atoms with Gasteiger partial charge in [-0.1, -0.05) is 30.3 Å². The molecule has 0 bridgehead atoms. The number of aromatic nitrogens is 2. The van der Waals surface area contributed by atoms with Crippen molar-refractivity contribution in [2.24, 2.45) is 0 Å². The van der Waals surface area contributed by atoms with Crippen LogP contribution < -0.4 is 5.32 Å². The van der Waals surface area contributed by atoms with E-state index in [1.54, 1.807) is 11.7 Å². The van der Waals surface area contributed by atoms with Gasteiger partial charge in [-0.05, 0) is 49.1 Å². The SMILES string of the molecule is CNC(=O)c1ccc(CN(C)Cn2nc(-c3ccccc3)oc2=S)cc1. The van der Waals surface area contributed by atoms with Gasteiger partial charge in [0.15, 0.2) is 0 Å². The number of hydrogen-bond donors (Lipinski definition) is 1. The van der Waals surface area contributed by atoms with Crippen molar-refractivity contribution in [3.63, 3.8) is 0 Å². The summed E-state index contributed by atoms with van der Waals surface area (Å²) in [5.74, 6) is 0.422. The molecule has 0 spiro atoms. The van der Waals surface area contributed by atoms with E-state index in [1.165, 1.54) is 0 Å². The summed E-state index contributed by atoms with van der Waals surface area (Å²) in [4.78, 5) is 14.0. The Balaban J connectivity index is 1.67. The summed E-state index contributed by atoms with van der Waals surface area (Å²) in [6, 6.07) is 17.2. The molecule has 2 aromatic carbocycles. The van der Waals surface area contributed by atoms with E-state index in [0.717, 1.165) is 11.1 Å².